The van der Waals surface area contributed by atoms with E-state index in [1.54, 1.807) is 0 Å². The Hall–Kier alpha value is -3.88. The van der Waals surface area contributed by atoms with Gasteiger partial charge in [-0.15, -0.1) is 0 Å². The van der Waals surface area contributed by atoms with Gasteiger partial charge in [0.05, 0.1) is 34.3 Å². The summed E-state index contributed by atoms with van der Waals surface area (Å²) in [5.74, 6) is -0.267. The van der Waals surface area contributed by atoms with E-state index < -0.39 is 24.5 Å². The number of benzene rings is 3. The van der Waals surface area contributed by atoms with Gasteiger partial charge in [-0.25, -0.2) is 0 Å². The number of hydrogen-bond acceptors (Lipinski definition) is 4. The molecule has 3 aromatic carbocycles. The summed E-state index contributed by atoms with van der Waals surface area (Å²) in [7, 11) is 0. The number of rotatable bonds is 2. The summed E-state index contributed by atoms with van der Waals surface area (Å²) in [6, 6.07) is 15.7. The molecule has 0 saturated carbocycles. The zero-order valence-corrected chi connectivity index (χ0v) is 20.0. The van der Waals surface area contributed by atoms with Crippen LogP contribution in [0, 0.1) is 0 Å². The molecule has 7 rings (SSSR count). The Morgan fingerprint density at radius 1 is 1.11 bits per heavy atom. The maximum Gasteiger partial charge on any atom is 0.252 e. The highest BCUT2D eigenvalue weighted by Gasteiger charge is 2.39. The fourth-order valence-corrected chi connectivity index (χ4v) is 6.29. The summed E-state index contributed by atoms with van der Waals surface area (Å²) in [6.07, 6.45) is -1.38. The van der Waals surface area contributed by atoms with Crippen molar-refractivity contribution in [3.63, 3.8) is 0 Å². The molecule has 0 radical (unpaired) electrons. The van der Waals surface area contributed by atoms with Gasteiger partial charge >= 0.3 is 0 Å². The van der Waals surface area contributed by atoms with Crippen molar-refractivity contribution in [2.45, 2.75) is 51.3 Å². The zero-order valence-electron chi connectivity index (χ0n) is 20.0. The molecule has 182 valence electrons. The summed E-state index contributed by atoms with van der Waals surface area (Å²) in [4.78, 5) is 28.8. The molecule has 4 atom stereocenters. The average Bonchev–Trinajstić information content (AvgIpc) is 3.53. The van der Waals surface area contributed by atoms with Crippen molar-refractivity contribution in [3.05, 3.63) is 59.7 Å². The second-order valence-electron chi connectivity index (χ2n) is 9.90. The summed E-state index contributed by atoms with van der Waals surface area (Å²) >= 11 is 0. The molecule has 2 aromatic heterocycles. The molecular formula is C28H26N4O4. The van der Waals surface area contributed by atoms with Crippen LogP contribution in [0.1, 0.15) is 42.4 Å². The summed E-state index contributed by atoms with van der Waals surface area (Å²) in [6.45, 7) is 3.76. The van der Waals surface area contributed by atoms with Crippen LogP contribution in [0.2, 0.25) is 0 Å². The van der Waals surface area contributed by atoms with Gasteiger partial charge in [0.25, 0.3) is 5.91 Å². The number of aliphatic hydroxyl groups excluding tert-OH is 1. The Balaban J connectivity index is 1.61. The number of para-hydroxylation sites is 2. The topological polar surface area (TPSA) is 108 Å². The Morgan fingerprint density at radius 3 is 2.67 bits per heavy atom. The molecule has 2 aliphatic rings. The van der Waals surface area contributed by atoms with Crippen LogP contribution >= 0.6 is 0 Å². The normalized spacial score (nSPS) is 24.0. The van der Waals surface area contributed by atoms with E-state index in [-0.39, 0.29) is 11.8 Å². The maximum absolute atomic E-state index is 13.2. The molecule has 4 unspecified atom stereocenters. The van der Waals surface area contributed by atoms with Crippen molar-refractivity contribution in [2.24, 2.45) is 0 Å². The lowest BCUT2D eigenvalue weighted by atomic mass is 9.96. The van der Waals surface area contributed by atoms with E-state index in [0.29, 0.717) is 18.5 Å². The van der Waals surface area contributed by atoms with Gasteiger partial charge in [0, 0.05) is 47.0 Å². The quantitative estimate of drug-likeness (QED) is 0.307. The van der Waals surface area contributed by atoms with Crippen LogP contribution < -0.4 is 10.6 Å². The van der Waals surface area contributed by atoms with Crippen molar-refractivity contribution >= 4 is 55.4 Å². The van der Waals surface area contributed by atoms with Crippen molar-refractivity contribution < 1.29 is 19.4 Å². The first kappa shape index (κ1) is 21.4. The number of nitrogens with one attached hydrogen (secondary N) is 3. The van der Waals surface area contributed by atoms with Crippen LogP contribution in [0.15, 0.2) is 48.5 Å². The predicted octanol–water partition coefficient (Wildman–Crippen LogP) is 3.85. The van der Waals surface area contributed by atoms with Crippen molar-refractivity contribution in [1.29, 1.82) is 0 Å². The molecule has 8 heteroatoms. The number of fused-ring (bicyclic) bond motifs is 10. The molecule has 0 bridgehead atoms. The fourth-order valence-electron chi connectivity index (χ4n) is 6.29. The van der Waals surface area contributed by atoms with E-state index in [1.807, 2.05) is 49.4 Å². The van der Waals surface area contributed by atoms with E-state index in [9.17, 15) is 14.7 Å². The lowest BCUT2D eigenvalue weighted by molar-refractivity contribution is -0.152. The minimum absolute atomic E-state index is 0.0745. The smallest absolute Gasteiger partial charge is 0.252 e. The number of hydrogen-bond donors (Lipinski definition) is 4. The standard InChI is InChI=1S/C28H26N4O4/c1-13-27(34)19(30-14(2)33)11-21(36-13)32-20-10-6-4-8-16(20)23-24-17(12-29-28(24)35)22-15-7-3-5-9-18(15)31-25(22)26(23)32/h3-10,13,19,21,27,31,34H,11-12H2,1-2H3,(H,29,35)(H,30,33). The number of aromatic amines is 1. The fraction of sp³-hybridized carbons (Fsp3) is 0.286. The van der Waals surface area contributed by atoms with Crippen molar-refractivity contribution in [1.82, 2.24) is 20.2 Å². The third kappa shape index (κ3) is 2.82. The van der Waals surface area contributed by atoms with Gasteiger partial charge in [0.15, 0.2) is 0 Å². The largest absolute Gasteiger partial charge is 0.388 e. The number of ether oxygens (including phenoxy) is 1. The molecule has 1 fully saturated rings. The Bertz CT molecular complexity index is 1730. The SMILES string of the molecule is CC(=O)NC1CC(n2c3ccccc3c3c4c(c5c6ccccc6[nH]c5c32)CNC4=O)OC(C)C1O. The third-order valence-corrected chi connectivity index (χ3v) is 7.76. The predicted molar refractivity (Wildman–Crippen MR) is 138 cm³/mol. The number of aromatic nitrogens is 2. The van der Waals surface area contributed by atoms with Crippen LogP contribution in [0.3, 0.4) is 0 Å². The zero-order chi connectivity index (χ0) is 24.7. The monoisotopic (exact) mass is 482 g/mol. The molecule has 0 spiro atoms. The van der Waals surface area contributed by atoms with E-state index in [0.717, 1.165) is 49.2 Å². The third-order valence-electron chi connectivity index (χ3n) is 7.76. The van der Waals surface area contributed by atoms with Gasteiger partial charge in [0.2, 0.25) is 5.91 Å². The van der Waals surface area contributed by atoms with E-state index in [2.05, 4.69) is 26.3 Å². The lowest BCUT2D eigenvalue weighted by Gasteiger charge is -2.39. The van der Waals surface area contributed by atoms with Crippen LogP contribution in [-0.2, 0) is 16.1 Å². The second-order valence-corrected chi connectivity index (χ2v) is 9.90. The molecule has 0 aliphatic carbocycles. The van der Waals surface area contributed by atoms with Gasteiger partial charge in [0.1, 0.15) is 12.3 Å². The number of nitrogens with zero attached hydrogens (tertiary/aromatic N) is 1. The highest BCUT2D eigenvalue weighted by atomic mass is 16.5. The molecule has 2 aliphatic heterocycles. The van der Waals surface area contributed by atoms with Gasteiger partial charge in [-0.3, -0.25) is 9.59 Å². The molecule has 4 N–H and O–H groups in total. The second kappa shape index (κ2) is 7.56. The molecule has 2 amide bonds. The first-order valence-electron chi connectivity index (χ1n) is 12.3. The highest BCUT2D eigenvalue weighted by Crippen LogP contribution is 2.45. The lowest BCUT2D eigenvalue weighted by Crippen LogP contribution is -2.53. The molecule has 8 nitrogen and oxygen atoms in total. The van der Waals surface area contributed by atoms with E-state index >= 15 is 0 Å². The number of H-pyrrole nitrogens is 1. The average molecular weight is 483 g/mol. The van der Waals surface area contributed by atoms with Gasteiger partial charge < -0.3 is 30.0 Å². The summed E-state index contributed by atoms with van der Waals surface area (Å²) < 4.78 is 8.53. The number of carbonyl (C=O) groups excluding carboxylic acids is 2. The van der Waals surface area contributed by atoms with Gasteiger partial charge in [-0.05, 0) is 24.6 Å². The minimum atomic E-state index is -0.818. The minimum Gasteiger partial charge on any atom is -0.388 e. The summed E-state index contributed by atoms with van der Waals surface area (Å²) in [5, 5.41) is 20.7. The molecule has 5 aromatic rings. The van der Waals surface area contributed by atoms with E-state index in [1.165, 1.54) is 6.92 Å². The first-order valence-corrected chi connectivity index (χ1v) is 12.3. The molecule has 4 heterocycles. The molecular weight excluding hydrogens is 456 g/mol. The first-order chi connectivity index (χ1) is 17.4. The van der Waals surface area contributed by atoms with Gasteiger partial charge in [-0.1, -0.05) is 36.4 Å². The Labute approximate surface area is 206 Å². The Morgan fingerprint density at radius 2 is 1.86 bits per heavy atom. The van der Waals surface area contributed by atoms with Crippen molar-refractivity contribution in [2.75, 3.05) is 0 Å². The highest BCUT2D eigenvalue weighted by molar-refractivity contribution is 6.30. The Kier molecular flexibility index (Phi) is 4.49. The van der Waals surface area contributed by atoms with Crippen LogP contribution in [-0.4, -0.2) is 44.7 Å². The van der Waals surface area contributed by atoms with Crippen LogP contribution in [0.4, 0.5) is 0 Å². The molecule has 36 heavy (non-hydrogen) atoms. The number of aliphatic hydroxyl groups is 1. The van der Waals surface area contributed by atoms with Crippen LogP contribution in [0.25, 0.3) is 43.6 Å². The maximum atomic E-state index is 13.2. The summed E-state index contributed by atoms with van der Waals surface area (Å²) in [5.41, 5.74) is 5.51. The van der Waals surface area contributed by atoms with Crippen LogP contribution in [0.5, 0.6) is 0 Å². The van der Waals surface area contributed by atoms with Gasteiger partial charge in [-0.2, -0.15) is 0 Å². The number of amides is 2. The van der Waals surface area contributed by atoms with E-state index in [4.69, 9.17) is 4.74 Å². The van der Waals surface area contributed by atoms with Crippen molar-refractivity contribution in [3.8, 4) is 0 Å². The molecule has 1 saturated heterocycles. The number of carbonyl (C=O) groups is 2.